The highest BCUT2D eigenvalue weighted by atomic mass is 35.5. The van der Waals surface area contributed by atoms with E-state index in [2.05, 4.69) is 10.3 Å². The maximum absolute atomic E-state index is 12.0. The van der Waals surface area contributed by atoms with Gasteiger partial charge in [0.1, 0.15) is 10.7 Å². The van der Waals surface area contributed by atoms with Crippen LogP contribution in [0.4, 0.5) is 11.6 Å². The summed E-state index contributed by atoms with van der Waals surface area (Å²) in [7, 11) is 0. The third kappa shape index (κ3) is 5.15. The van der Waals surface area contributed by atoms with Crippen molar-refractivity contribution < 1.29 is 23.7 Å². The van der Waals surface area contributed by atoms with Crippen LogP contribution in [-0.4, -0.2) is 27.9 Å². The smallest absolute Gasteiger partial charge is 0.433 e. The number of rotatable bonds is 6. The lowest BCUT2D eigenvalue weighted by atomic mass is 10.3. The van der Waals surface area contributed by atoms with Crippen molar-refractivity contribution in [3.05, 3.63) is 57.6 Å². The van der Waals surface area contributed by atoms with Crippen LogP contribution in [0, 0.1) is 10.1 Å². The van der Waals surface area contributed by atoms with Gasteiger partial charge in [-0.25, -0.2) is 9.78 Å². The summed E-state index contributed by atoms with van der Waals surface area (Å²) in [5, 5.41) is 13.1. The van der Waals surface area contributed by atoms with Gasteiger partial charge in [0.25, 0.3) is 5.91 Å². The summed E-state index contributed by atoms with van der Waals surface area (Å²) in [5.74, 6) is -1.76. The Balaban J connectivity index is 1.90. The van der Waals surface area contributed by atoms with Crippen LogP contribution in [0.3, 0.4) is 0 Å². The normalized spacial score (nSPS) is 11.9. The number of nitrogens with zero attached hydrogens (tertiary/aromatic N) is 2. The van der Waals surface area contributed by atoms with Crippen LogP contribution < -0.4 is 5.32 Å². The zero-order valence-electron chi connectivity index (χ0n) is 12.8. The molecule has 0 fully saturated rings. The van der Waals surface area contributed by atoms with Crippen molar-refractivity contribution in [1.29, 1.82) is 0 Å². The zero-order chi connectivity index (χ0) is 18.4. The fraction of sp³-hybridized carbons (Fsp3) is 0.133. The van der Waals surface area contributed by atoms with Crippen LogP contribution in [-0.2, 0) is 14.3 Å². The Hall–Kier alpha value is -3.20. The largest absolute Gasteiger partial charge is 0.449 e. The minimum atomic E-state index is -1.10. The fourth-order valence-corrected chi connectivity index (χ4v) is 1.83. The number of amides is 1. The molecule has 25 heavy (non-hydrogen) atoms. The SMILES string of the molecule is C[C@H](OC(=O)/C=C/c1ccc([N+](=O)[O-])o1)C(=O)Nc1cccnc1Cl. The molecule has 0 saturated heterocycles. The van der Waals surface area contributed by atoms with Gasteiger partial charge in [0.05, 0.1) is 11.8 Å². The van der Waals surface area contributed by atoms with Crippen LogP contribution in [0.1, 0.15) is 12.7 Å². The highest BCUT2D eigenvalue weighted by Crippen LogP contribution is 2.18. The third-order valence-corrected chi connectivity index (χ3v) is 3.16. The first-order chi connectivity index (χ1) is 11.9. The summed E-state index contributed by atoms with van der Waals surface area (Å²) < 4.78 is 9.77. The number of carbonyl (C=O) groups is 2. The van der Waals surface area contributed by atoms with Crippen molar-refractivity contribution >= 4 is 41.1 Å². The van der Waals surface area contributed by atoms with Crippen LogP contribution in [0.15, 0.2) is 41.0 Å². The number of hydrogen-bond acceptors (Lipinski definition) is 7. The highest BCUT2D eigenvalue weighted by molar-refractivity contribution is 6.32. The van der Waals surface area contributed by atoms with E-state index in [4.69, 9.17) is 20.8 Å². The maximum atomic E-state index is 12.0. The summed E-state index contributed by atoms with van der Waals surface area (Å²) >= 11 is 5.82. The van der Waals surface area contributed by atoms with Crippen molar-refractivity contribution in [2.45, 2.75) is 13.0 Å². The predicted molar refractivity (Wildman–Crippen MR) is 87.8 cm³/mol. The van der Waals surface area contributed by atoms with Crippen LogP contribution in [0.2, 0.25) is 5.15 Å². The molecule has 2 aromatic heterocycles. The van der Waals surface area contributed by atoms with E-state index in [9.17, 15) is 19.7 Å². The first-order valence-electron chi connectivity index (χ1n) is 6.91. The number of furan rings is 1. The molecule has 9 nitrogen and oxygen atoms in total. The first kappa shape index (κ1) is 18.1. The fourth-order valence-electron chi connectivity index (χ4n) is 1.66. The Labute approximate surface area is 146 Å². The van der Waals surface area contributed by atoms with Crippen molar-refractivity contribution in [2.75, 3.05) is 5.32 Å². The van der Waals surface area contributed by atoms with Crippen LogP contribution >= 0.6 is 11.6 Å². The number of nitrogens with one attached hydrogen (secondary N) is 1. The molecule has 130 valence electrons. The van der Waals surface area contributed by atoms with Crippen molar-refractivity contribution in [3.63, 3.8) is 0 Å². The maximum Gasteiger partial charge on any atom is 0.433 e. The minimum Gasteiger partial charge on any atom is -0.449 e. The second kappa shape index (κ2) is 8.06. The molecule has 2 rings (SSSR count). The molecule has 1 N–H and O–H groups in total. The minimum absolute atomic E-state index is 0.0999. The van der Waals surface area contributed by atoms with E-state index in [1.807, 2.05) is 0 Å². The van der Waals surface area contributed by atoms with Crippen LogP contribution in [0.25, 0.3) is 6.08 Å². The van der Waals surface area contributed by atoms with Gasteiger partial charge in [-0.05, 0) is 31.2 Å². The second-order valence-electron chi connectivity index (χ2n) is 4.68. The molecule has 1 atom stereocenters. The lowest BCUT2D eigenvalue weighted by Crippen LogP contribution is -2.29. The molecule has 0 unspecified atom stereocenters. The Morgan fingerprint density at radius 2 is 2.20 bits per heavy atom. The van der Waals surface area contributed by atoms with E-state index in [0.29, 0.717) is 0 Å². The molecule has 0 saturated carbocycles. The topological polar surface area (TPSA) is 125 Å². The molecule has 2 heterocycles. The molecule has 0 aliphatic rings. The number of halogens is 1. The van der Waals surface area contributed by atoms with E-state index >= 15 is 0 Å². The summed E-state index contributed by atoms with van der Waals surface area (Å²) in [4.78, 5) is 37.2. The molecule has 0 aliphatic carbocycles. The number of anilines is 1. The van der Waals surface area contributed by atoms with Gasteiger partial charge in [0.15, 0.2) is 11.3 Å². The monoisotopic (exact) mass is 365 g/mol. The van der Waals surface area contributed by atoms with Gasteiger partial charge < -0.3 is 14.5 Å². The number of nitro groups is 1. The molecule has 0 aromatic carbocycles. The van der Waals surface area contributed by atoms with Gasteiger partial charge in [-0.15, -0.1) is 0 Å². The lowest BCUT2D eigenvalue weighted by molar-refractivity contribution is -0.402. The number of carbonyl (C=O) groups excluding carboxylic acids is 2. The van der Waals surface area contributed by atoms with E-state index < -0.39 is 28.8 Å². The molecule has 10 heteroatoms. The summed E-state index contributed by atoms with van der Waals surface area (Å²) in [6.45, 7) is 1.38. The Kier molecular flexibility index (Phi) is 5.85. The average Bonchev–Trinajstić information content (AvgIpc) is 3.04. The summed E-state index contributed by atoms with van der Waals surface area (Å²) in [6, 6.07) is 5.61. The third-order valence-electron chi connectivity index (χ3n) is 2.86. The van der Waals surface area contributed by atoms with Gasteiger partial charge in [0.2, 0.25) is 0 Å². The Bertz CT molecular complexity index is 832. The lowest BCUT2D eigenvalue weighted by Gasteiger charge is -2.12. The Morgan fingerprint density at radius 1 is 1.44 bits per heavy atom. The standard InChI is InChI=1S/C15H12ClN3O6/c1-9(15(21)18-11-3-2-8-17-14(11)16)24-13(20)7-5-10-4-6-12(25-10)19(22)23/h2-9H,1H3,(H,18,21)/b7-5+/t9-/m0/s1. The summed E-state index contributed by atoms with van der Waals surface area (Å²) in [5.41, 5.74) is 0.288. The van der Waals surface area contributed by atoms with Gasteiger partial charge in [0, 0.05) is 12.3 Å². The number of esters is 1. The summed E-state index contributed by atoms with van der Waals surface area (Å²) in [6.07, 6.45) is 2.55. The molecular weight excluding hydrogens is 354 g/mol. The number of hydrogen-bond donors (Lipinski definition) is 1. The predicted octanol–water partition coefficient (Wildman–Crippen LogP) is 2.82. The molecule has 0 radical (unpaired) electrons. The molecular formula is C15H12ClN3O6. The van der Waals surface area contributed by atoms with E-state index in [0.717, 1.165) is 12.1 Å². The zero-order valence-corrected chi connectivity index (χ0v) is 13.6. The Morgan fingerprint density at radius 3 is 2.84 bits per heavy atom. The van der Waals surface area contributed by atoms with Crippen molar-refractivity contribution in [1.82, 2.24) is 4.98 Å². The van der Waals surface area contributed by atoms with Gasteiger partial charge >= 0.3 is 11.9 Å². The van der Waals surface area contributed by atoms with E-state index in [1.54, 1.807) is 12.1 Å². The van der Waals surface area contributed by atoms with Crippen molar-refractivity contribution in [2.24, 2.45) is 0 Å². The number of ether oxygens (including phenoxy) is 1. The molecule has 0 aliphatic heterocycles. The second-order valence-corrected chi connectivity index (χ2v) is 5.03. The number of pyridine rings is 1. The van der Waals surface area contributed by atoms with Gasteiger partial charge in [-0.1, -0.05) is 11.6 Å². The average molecular weight is 366 g/mol. The van der Waals surface area contributed by atoms with Crippen LogP contribution in [0.5, 0.6) is 0 Å². The van der Waals surface area contributed by atoms with Crippen molar-refractivity contribution in [3.8, 4) is 0 Å². The van der Waals surface area contributed by atoms with E-state index in [-0.39, 0.29) is 16.6 Å². The quantitative estimate of drug-likeness (QED) is 0.274. The number of aromatic nitrogens is 1. The van der Waals surface area contributed by atoms with Gasteiger partial charge in [-0.3, -0.25) is 14.9 Å². The molecule has 2 aromatic rings. The molecule has 1 amide bonds. The van der Waals surface area contributed by atoms with E-state index in [1.165, 1.54) is 25.3 Å². The van der Waals surface area contributed by atoms with Gasteiger partial charge in [-0.2, -0.15) is 0 Å². The molecule has 0 spiro atoms. The first-order valence-corrected chi connectivity index (χ1v) is 7.29. The molecule has 0 bridgehead atoms. The highest BCUT2D eigenvalue weighted by Gasteiger charge is 2.18.